The van der Waals surface area contributed by atoms with Crippen molar-refractivity contribution in [3.8, 4) is 0 Å². The van der Waals surface area contributed by atoms with Crippen molar-refractivity contribution in [2.45, 2.75) is 25.3 Å². The number of aliphatic carboxylic acids is 1. The van der Waals surface area contributed by atoms with E-state index in [1.54, 1.807) is 18.9 Å². The van der Waals surface area contributed by atoms with Crippen molar-refractivity contribution in [2.75, 3.05) is 7.05 Å². The number of carbonyl (C=O) groups is 2. The van der Waals surface area contributed by atoms with E-state index in [1.165, 1.54) is 0 Å². The van der Waals surface area contributed by atoms with Gasteiger partial charge in [-0.05, 0) is 24.5 Å². The van der Waals surface area contributed by atoms with Gasteiger partial charge in [-0.1, -0.05) is 24.3 Å². The second kappa shape index (κ2) is 3.34. The SMILES string of the molecule is CN1C(=O)C2CC(C)(C(=O)O)C1c1ccccc12. The molecule has 3 atom stereocenters. The molecule has 3 unspecified atom stereocenters. The van der Waals surface area contributed by atoms with Crippen LogP contribution in [0.5, 0.6) is 0 Å². The van der Waals surface area contributed by atoms with E-state index in [9.17, 15) is 14.7 Å². The van der Waals surface area contributed by atoms with Crippen LogP contribution in [0, 0.1) is 5.41 Å². The molecule has 3 aliphatic rings. The zero-order chi connectivity index (χ0) is 13.1. The van der Waals surface area contributed by atoms with Crippen molar-refractivity contribution in [2.24, 2.45) is 5.41 Å². The van der Waals surface area contributed by atoms with Gasteiger partial charge >= 0.3 is 5.97 Å². The highest BCUT2D eigenvalue weighted by Gasteiger charge is 2.57. The Kier molecular flexibility index (Phi) is 2.09. The molecular weight excluding hydrogens is 230 g/mol. The number of carbonyl (C=O) groups excluding carboxylic acids is 1. The van der Waals surface area contributed by atoms with Crippen LogP contribution in [0.25, 0.3) is 0 Å². The molecule has 1 amide bonds. The first-order valence-corrected chi connectivity index (χ1v) is 6.05. The maximum Gasteiger partial charge on any atom is 0.311 e. The summed E-state index contributed by atoms with van der Waals surface area (Å²) in [5.41, 5.74) is 1.10. The average Bonchev–Trinajstić information content (AvgIpc) is 2.34. The highest BCUT2D eigenvalue weighted by molar-refractivity contribution is 5.91. The van der Waals surface area contributed by atoms with E-state index in [0.717, 1.165) is 11.1 Å². The molecule has 1 fully saturated rings. The van der Waals surface area contributed by atoms with Crippen LogP contribution >= 0.6 is 0 Å². The second-order valence-corrected chi connectivity index (χ2v) is 5.46. The Morgan fingerprint density at radius 3 is 2.61 bits per heavy atom. The number of carboxylic acids is 1. The molecule has 0 aromatic heterocycles. The van der Waals surface area contributed by atoms with Gasteiger partial charge in [0.15, 0.2) is 0 Å². The summed E-state index contributed by atoms with van der Waals surface area (Å²) in [5.74, 6) is -1.10. The van der Waals surface area contributed by atoms with Gasteiger partial charge in [0.05, 0.1) is 17.4 Å². The molecule has 0 spiro atoms. The fraction of sp³-hybridized carbons (Fsp3) is 0.429. The molecule has 2 bridgehead atoms. The summed E-state index contributed by atoms with van der Waals surface area (Å²) in [6, 6.07) is 7.34. The first kappa shape index (κ1) is 11.3. The largest absolute Gasteiger partial charge is 0.481 e. The predicted octanol–water partition coefficient (Wildman–Crippen LogP) is 1.78. The topological polar surface area (TPSA) is 57.6 Å². The van der Waals surface area contributed by atoms with Gasteiger partial charge in [-0.3, -0.25) is 9.59 Å². The standard InChI is InChI=1S/C14H15NO3/c1-14(13(17)18)7-10-8-5-3-4-6-9(8)11(14)15(2)12(10)16/h3-6,10-11H,7H2,1-2H3,(H,17,18). The number of piperidine rings is 1. The summed E-state index contributed by atoms with van der Waals surface area (Å²) >= 11 is 0. The zero-order valence-electron chi connectivity index (χ0n) is 10.4. The monoisotopic (exact) mass is 245 g/mol. The maximum absolute atomic E-state index is 12.2. The molecule has 94 valence electrons. The third-order valence-electron chi connectivity index (χ3n) is 4.42. The Hall–Kier alpha value is -1.84. The molecule has 4 heteroatoms. The molecule has 0 saturated carbocycles. The van der Waals surface area contributed by atoms with Gasteiger partial charge in [-0.2, -0.15) is 0 Å². The quantitative estimate of drug-likeness (QED) is 0.820. The van der Waals surface area contributed by atoms with Crippen LogP contribution in [0.1, 0.15) is 36.4 Å². The van der Waals surface area contributed by atoms with Gasteiger partial charge in [0.1, 0.15) is 0 Å². The van der Waals surface area contributed by atoms with Gasteiger partial charge < -0.3 is 10.0 Å². The lowest BCUT2D eigenvalue weighted by Gasteiger charge is -2.52. The van der Waals surface area contributed by atoms with Crippen LogP contribution in [0.4, 0.5) is 0 Å². The molecular formula is C14H15NO3. The van der Waals surface area contributed by atoms with E-state index in [-0.39, 0.29) is 17.9 Å². The van der Waals surface area contributed by atoms with Crippen LogP contribution in [0.15, 0.2) is 24.3 Å². The molecule has 4 rings (SSSR count). The number of rotatable bonds is 1. The second-order valence-electron chi connectivity index (χ2n) is 5.46. The van der Waals surface area contributed by atoms with Crippen molar-refractivity contribution in [3.05, 3.63) is 35.4 Å². The van der Waals surface area contributed by atoms with E-state index in [4.69, 9.17) is 0 Å². The number of benzene rings is 1. The highest BCUT2D eigenvalue weighted by atomic mass is 16.4. The Morgan fingerprint density at radius 2 is 2.00 bits per heavy atom. The lowest BCUT2D eigenvalue weighted by molar-refractivity contribution is -0.164. The lowest BCUT2D eigenvalue weighted by Crippen LogP contribution is -2.56. The van der Waals surface area contributed by atoms with E-state index >= 15 is 0 Å². The minimum Gasteiger partial charge on any atom is -0.481 e. The average molecular weight is 245 g/mol. The molecule has 1 aromatic carbocycles. The van der Waals surface area contributed by atoms with Gasteiger partial charge in [0, 0.05) is 7.05 Å². The highest BCUT2D eigenvalue weighted by Crippen LogP contribution is 2.56. The summed E-state index contributed by atoms with van der Waals surface area (Å²) < 4.78 is 0. The van der Waals surface area contributed by atoms with Crippen LogP contribution < -0.4 is 0 Å². The third kappa shape index (κ3) is 1.15. The van der Waals surface area contributed by atoms with Crippen molar-refractivity contribution in [1.29, 1.82) is 0 Å². The summed E-state index contributed by atoms with van der Waals surface area (Å²) in [7, 11) is 1.70. The van der Waals surface area contributed by atoms with Crippen molar-refractivity contribution in [1.82, 2.24) is 4.90 Å². The van der Waals surface area contributed by atoms with Crippen LogP contribution in [-0.4, -0.2) is 28.9 Å². The molecule has 2 aliphatic heterocycles. The first-order chi connectivity index (χ1) is 8.47. The van der Waals surface area contributed by atoms with Gasteiger partial charge in [-0.25, -0.2) is 0 Å². The van der Waals surface area contributed by atoms with Crippen LogP contribution in [0.3, 0.4) is 0 Å². The minimum atomic E-state index is -0.887. The van der Waals surface area contributed by atoms with E-state index in [0.29, 0.717) is 6.42 Å². The van der Waals surface area contributed by atoms with E-state index in [2.05, 4.69) is 0 Å². The summed E-state index contributed by atoms with van der Waals surface area (Å²) in [6.45, 7) is 1.74. The summed E-state index contributed by atoms with van der Waals surface area (Å²) in [4.78, 5) is 25.4. The van der Waals surface area contributed by atoms with Gasteiger partial charge in [-0.15, -0.1) is 0 Å². The smallest absolute Gasteiger partial charge is 0.311 e. The number of hydrogen-bond donors (Lipinski definition) is 1. The number of carboxylic acid groups (broad SMARTS) is 1. The maximum atomic E-state index is 12.2. The first-order valence-electron chi connectivity index (χ1n) is 6.05. The number of hydrogen-bond acceptors (Lipinski definition) is 2. The minimum absolute atomic E-state index is 0.0393. The molecule has 2 heterocycles. The Morgan fingerprint density at radius 1 is 1.39 bits per heavy atom. The number of fused-ring (bicyclic) bond motifs is 2. The van der Waals surface area contributed by atoms with Crippen molar-refractivity contribution >= 4 is 11.9 Å². The Bertz CT molecular complexity index is 554. The third-order valence-corrected chi connectivity index (χ3v) is 4.42. The fourth-order valence-electron chi connectivity index (χ4n) is 3.50. The molecule has 1 aliphatic carbocycles. The van der Waals surface area contributed by atoms with E-state index in [1.807, 2.05) is 24.3 Å². The molecule has 1 N–H and O–H groups in total. The Labute approximate surface area is 105 Å². The Balaban J connectivity index is 2.25. The molecule has 1 aromatic rings. The molecule has 18 heavy (non-hydrogen) atoms. The predicted molar refractivity (Wildman–Crippen MR) is 65.1 cm³/mol. The van der Waals surface area contributed by atoms with Gasteiger partial charge in [0.2, 0.25) is 5.91 Å². The molecule has 4 nitrogen and oxygen atoms in total. The molecule has 0 radical (unpaired) electrons. The van der Waals surface area contributed by atoms with Crippen molar-refractivity contribution in [3.63, 3.8) is 0 Å². The van der Waals surface area contributed by atoms with Crippen molar-refractivity contribution < 1.29 is 14.7 Å². The number of amides is 1. The molecule has 1 saturated heterocycles. The van der Waals surface area contributed by atoms with Crippen LogP contribution in [0.2, 0.25) is 0 Å². The number of likely N-dealkylation sites (N-methyl/N-ethyl adjacent to an activating group) is 1. The summed E-state index contributed by atoms with van der Waals surface area (Å²) in [6.07, 6.45) is 0.396. The zero-order valence-corrected chi connectivity index (χ0v) is 10.4. The lowest BCUT2D eigenvalue weighted by atomic mass is 9.61. The fourth-order valence-corrected chi connectivity index (χ4v) is 3.50. The normalized spacial score (nSPS) is 33.4. The summed E-state index contributed by atoms with van der Waals surface area (Å²) in [5, 5.41) is 9.51. The number of nitrogens with zero attached hydrogens (tertiary/aromatic N) is 1. The van der Waals surface area contributed by atoms with Crippen LogP contribution in [-0.2, 0) is 9.59 Å². The van der Waals surface area contributed by atoms with E-state index < -0.39 is 11.4 Å². The van der Waals surface area contributed by atoms with Gasteiger partial charge in [0.25, 0.3) is 0 Å².